The molecule has 4 nitrogen and oxygen atoms in total. The van der Waals surface area contributed by atoms with Gasteiger partial charge in [-0.15, -0.1) is 0 Å². The fraction of sp³-hybridized carbons (Fsp3) is 0.182. The van der Waals surface area contributed by atoms with Crippen LogP contribution in [0, 0.1) is 0 Å². The Bertz CT molecular complexity index is 499. The van der Waals surface area contributed by atoms with Crippen LogP contribution in [0.1, 0.15) is 5.56 Å². The molecule has 0 atom stereocenters. The van der Waals surface area contributed by atoms with E-state index in [9.17, 15) is 4.79 Å². The Kier molecular flexibility index (Phi) is 2.69. The third-order valence-electron chi connectivity index (χ3n) is 2.28. The zero-order valence-electron chi connectivity index (χ0n) is 8.18. The van der Waals surface area contributed by atoms with Crippen molar-refractivity contribution in [3.05, 3.63) is 52.7 Å². The Morgan fingerprint density at radius 3 is 2.80 bits per heavy atom. The molecule has 0 amide bonds. The van der Waals surface area contributed by atoms with Gasteiger partial charge in [0, 0.05) is 19.0 Å². The number of benzene rings is 1. The van der Waals surface area contributed by atoms with Crippen molar-refractivity contribution in [2.24, 2.45) is 0 Å². The minimum atomic E-state index is -0.166. The summed E-state index contributed by atoms with van der Waals surface area (Å²) >= 11 is 0. The average molecular weight is 204 g/mol. The van der Waals surface area contributed by atoms with Crippen molar-refractivity contribution in [2.75, 3.05) is 6.61 Å². The number of aliphatic hydroxyl groups is 1. The third-order valence-corrected chi connectivity index (χ3v) is 2.28. The summed E-state index contributed by atoms with van der Waals surface area (Å²) in [6.45, 7) is 0.0796. The van der Waals surface area contributed by atoms with E-state index in [1.807, 2.05) is 24.3 Å². The molecule has 0 saturated heterocycles. The number of H-pyrrole nitrogens is 1. The zero-order valence-corrected chi connectivity index (χ0v) is 8.18. The Morgan fingerprint density at radius 2 is 2.13 bits per heavy atom. The third kappa shape index (κ3) is 1.85. The molecule has 1 aromatic carbocycles. The van der Waals surface area contributed by atoms with Crippen molar-refractivity contribution in [2.45, 2.75) is 6.42 Å². The van der Waals surface area contributed by atoms with Crippen LogP contribution in [-0.2, 0) is 6.42 Å². The average Bonchev–Trinajstić information content (AvgIpc) is 2.66. The first kappa shape index (κ1) is 9.73. The summed E-state index contributed by atoms with van der Waals surface area (Å²) in [5, 5.41) is 8.92. The highest BCUT2D eigenvalue weighted by Crippen LogP contribution is 2.12. The van der Waals surface area contributed by atoms with Crippen molar-refractivity contribution in [1.29, 1.82) is 0 Å². The van der Waals surface area contributed by atoms with E-state index in [0.29, 0.717) is 6.42 Å². The molecule has 0 fully saturated rings. The second-order valence-electron chi connectivity index (χ2n) is 3.24. The molecule has 78 valence electrons. The van der Waals surface area contributed by atoms with Crippen LogP contribution in [0.3, 0.4) is 0 Å². The van der Waals surface area contributed by atoms with Gasteiger partial charge in [0.15, 0.2) is 0 Å². The molecule has 4 heteroatoms. The van der Waals surface area contributed by atoms with Gasteiger partial charge in [0.2, 0.25) is 0 Å². The van der Waals surface area contributed by atoms with E-state index in [1.165, 1.54) is 4.57 Å². The van der Waals surface area contributed by atoms with E-state index in [0.717, 1.165) is 11.3 Å². The van der Waals surface area contributed by atoms with Gasteiger partial charge in [0.1, 0.15) is 0 Å². The lowest BCUT2D eigenvalue weighted by Gasteiger charge is -2.07. The molecule has 0 unspecified atom stereocenters. The lowest BCUT2D eigenvalue weighted by molar-refractivity contribution is 0.299. The predicted molar refractivity (Wildman–Crippen MR) is 57.2 cm³/mol. The number of hydrogen-bond donors (Lipinski definition) is 2. The van der Waals surface area contributed by atoms with Crippen LogP contribution < -0.4 is 5.69 Å². The van der Waals surface area contributed by atoms with E-state index >= 15 is 0 Å². The standard InChI is InChI=1S/C11H12N2O2/c14-8-5-9-3-1-2-4-10(9)13-7-6-12-11(13)15/h1-4,6-7,14H,5,8H2,(H,12,15). The number of nitrogens with zero attached hydrogens (tertiary/aromatic N) is 1. The largest absolute Gasteiger partial charge is 0.396 e. The molecule has 2 rings (SSSR count). The number of para-hydroxylation sites is 1. The molecule has 0 aliphatic heterocycles. The van der Waals surface area contributed by atoms with E-state index in [2.05, 4.69) is 4.98 Å². The van der Waals surface area contributed by atoms with E-state index in [1.54, 1.807) is 12.4 Å². The first-order chi connectivity index (χ1) is 7.33. The van der Waals surface area contributed by atoms with Gasteiger partial charge in [0.05, 0.1) is 5.69 Å². The number of aromatic amines is 1. The Balaban J connectivity index is 2.52. The second-order valence-corrected chi connectivity index (χ2v) is 3.24. The predicted octanol–water partition coefficient (Wildman–Crippen LogP) is 0.700. The molecule has 1 aromatic heterocycles. The maximum atomic E-state index is 11.4. The van der Waals surface area contributed by atoms with Crippen molar-refractivity contribution in [3.8, 4) is 5.69 Å². The molecule has 15 heavy (non-hydrogen) atoms. The molecular weight excluding hydrogens is 192 g/mol. The summed E-state index contributed by atoms with van der Waals surface area (Å²) in [6.07, 6.45) is 3.82. The molecule has 1 heterocycles. The first-order valence-corrected chi connectivity index (χ1v) is 4.78. The van der Waals surface area contributed by atoms with Crippen molar-refractivity contribution in [3.63, 3.8) is 0 Å². The molecule has 2 N–H and O–H groups in total. The second kappa shape index (κ2) is 4.14. The maximum absolute atomic E-state index is 11.4. The van der Waals surface area contributed by atoms with Crippen LogP contribution in [0.2, 0.25) is 0 Å². The topological polar surface area (TPSA) is 58.0 Å². The summed E-state index contributed by atoms with van der Waals surface area (Å²) < 4.78 is 1.53. The Labute approximate surface area is 86.8 Å². The van der Waals surface area contributed by atoms with Crippen LogP contribution >= 0.6 is 0 Å². The first-order valence-electron chi connectivity index (χ1n) is 4.78. The van der Waals surface area contributed by atoms with Crippen LogP contribution in [0.4, 0.5) is 0 Å². The highest BCUT2D eigenvalue weighted by molar-refractivity contribution is 5.40. The highest BCUT2D eigenvalue weighted by Gasteiger charge is 2.04. The van der Waals surface area contributed by atoms with E-state index < -0.39 is 0 Å². The van der Waals surface area contributed by atoms with Crippen molar-refractivity contribution >= 4 is 0 Å². The van der Waals surface area contributed by atoms with Gasteiger partial charge < -0.3 is 10.1 Å². The molecule has 2 aromatic rings. The zero-order chi connectivity index (χ0) is 10.7. The fourth-order valence-electron chi connectivity index (χ4n) is 1.59. The van der Waals surface area contributed by atoms with Crippen molar-refractivity contribution < 1.29 is 5.11 Å². The molecule has 0 saturated carbocycles. The number of hydrogen-bond acceptors (Lipinski definition) is 2. The van der Waals surface area contributed by atoms with Gasteiger partial charge in [-0.3, -0.25) is 4.57 Å². The minimum Gasteiger partial charge on any atom is -0.396 e. The number of aliphatic hydroxyl groups excluding tert-OH is 1. The fourth-order valence-corrected chi connectivity index (χ4v) is 1.59. The van der Waals surface area contributed by atoms with Gasteiger partial charge in [-0.25, -0.2) is 4.79 Å². The maximum Gasteiger partial charge on any atom is 0.330 e. The number of aromatic nitrogens is 2. The molecule has 0 aliphatic carbocycles. The van der Waals surface area contributed by atoms with Gasteiger partial charge in [-0.1, -0.05) is 18.2 Å². The smallest absolute Gasteiger partial charge is 0.330 e. The Morgan fingerprint density at radius 1 is 1.33 bits per heavy atom. The minimum absolute atomic E-state index is 0.0796. The lowest BCUT2D eigenvalue weighted by Crippen LogP contribution is -2.15. The quantitative estimate of drug-likeness (QED) is 0.773. The molecule has 0 bridgehead atoms. The van der Waals surface area contributed by atoms with Crippen LogP contribution in [0.25, 0.3) is 5.69 Å². The molecule has 0 aliphatic rings. The van der Waals surface area contributed by atoms with E-state index in [4.69, 9.17) is 5.11 Å². The summed E-state index contributed by atoms with van der Waals surface area (Å²) in [5.74, 6) is 0. The molecule has 0 radical (unpaired) electrons. The van der Waals surface area contributed by atoms with Gasteiger partial charge >= 0.3 is 5.69 Å². The summed E-state index contributed by atoms with van der Waals surface area (Å²) in [7, 11) is 0. The van der Waals surface area contributed by atoms with Gasteiger partial charge in [-0.2, -0.15) is 0 Å². The number of imidazole rings is 1. The van der Waals surface area contributed by atoms with Crippen LogP contribution in [-0.4, -0.2) is 21.3 Å². The van der Waals surface area contributed by atoms with E-state index in [-0.39, 0.29) is 12.3 Å². The molecule has 0 spiro atoms. The van der Waals surface area contributed by atoms with Gasteiger partial charge in [0.25, 0.3) is 0 Å². The van der Waals surface area contributed by atoms with Gasteiger partial charge in [-0.05, 0) is 18.1 Å². The summed E-state index contributed by atoms with van der Waals surface area (Å²) in [4.78, 5) is 14.0. The highest BCUT2D eigenvalue weighted by atomic mass is 16.3. The van der Waals surface area contributed by atoms with Crippen molar-refractivity contribution in [1.82, 2.24) is 9.55 Å². The number of rotatable bonds is 3. The van der Waals surface area contributed by atoms with Crippen LogP contribution in [0.15, 0.2) is 41.5 Å². The number of nitrogens with one attached hydrogen (secondary N) is 1. The Hall–Kier alpha value is -1.81. The monoisotopic (exact) mass is 204 g/mol. The summed E-state index contributed by atoms with van der Waals surface area (Å²) in [6, 6.07) is 7.53. The molecular formula is C11H12N2O2. The SMILES string of the molecule is O=c1[nH]ccn1-c1ccccc1CCO. The summed E-state index contributed by atoms with van der Waals surface area (Å²) in [5.41, 5.74) is 1.61. The van der Waals surface area contributed by atoms with Crippen LogP contribution in [0.5, 0.6) is 0 Å². The lowest BCUT2D eigenvalue weighted by atomic mass is 10.1. The normalized spacial score (nSPS) is 10.5.